The Morgan fingerprint density at radius 1 is 1.41 bits per heavy atom. The first-order valence-corrected chi connectivity index (χ1v) is 6.50. The summed E-state index contributed by atoms with van der Waals surface area (Å²) in [6, 6.07) is 7.75. The minimum Gasteiger partial charge on any atom is -0.480 e. The summed E-state index contributed by atoms with van der Waals surface area (Å²) in [4.78, 5) is 12.9. The van der Waals surface area contributed by atoms with E-state index in [2.05, 4.69) is 5.32 Å². The lowest BCUT2D eigenvalue weighted by molar-refractivity contribution is -0.138. The van der Waals surface area contributed by atoms with Crippen LogP contribution < -0.4 is 10.2 Å². The maximum atomic E-state index is 10.8. The van der Waals surface area contributed by atoms with Crippen LogP contribution in [0.1, 0.15) is 10.9 Å². The fraction of sp³-hybridized carbons (Fsp3) is 0.417. The van der Waals surface area contributed by atoms with Crippen molar-refractivity contribution in [3.05, 3.63) is 29.8 Å². The summed E-state index contributed by atoms with van der Waals surface area (Å²) in [5.74, 6) is -0.153. The van der Waals surface area contributed by atoms with Crippen LogP contribution in [-0.2, 0) is 4.79 Å². The molecule has 1 heterocycles. The average molecular weight is 252 g/mol. The van der Waals surface area contributed by atoms with Crippen molar-refractivity contribution >= 4 is 23.4 Å². The maximum Gasteiger partial charge on any atom is 0.321 e. The third-order valence-corrected chi connectivity index (χ3v) is 4.06. The fourth-order valence-electron chi connectivity index (χ4n) is 1.75. The van der Waals surface area contributed by atoms with Gasteiger partial charge in [-0.05, 0) is 17.7 Å². The molecule has 1 aromatic carbocycles. The van der Waals surface area contributed by atoms with Crippen LogP contribution in [0.15, 0.2) is 24.3 Å². The van der Waals surface area contributed by atoms with E-state index in [9.17, 15) is 4.79 Å². The van der Waals surface area contributed by atoms with Gasteiger partial charge in [0.15, 0.2) is 0 Å². The molecule has 2 atom stereocenters. The highest BCUT2D eigenvalue weighted by atomic mass is 32.2. The number of benzene rings is 1. The Bertz CT molecular complexity index is 405. The largest absolute Gasteiger partial charge is 0.480 e. The highest BCUT2D eigenvalue weighted by molar-refractivity contribution is 7.99. The monoisotopic (exact) mass is 252 g/mol. The number of nitrogens with zero attached hydrogens (tertiary/aromatic N) is 1. The SMILES string of the molecule is CN(C)c1ccc([C@@H]2NC(C(=O)O)CS2)cc1. The summed E-state index contributed by atoms with van der Waals surface area (Å²) >= 11 is 1.64. The van der Waals surface area contributed by atoms with E-state index in [0.717, 1.165) is 11.3 Å². The lowest BCUT2D eigenvalue weighted by Crippen LogP contribution is -2.33. The van der Waals surface area contributed by atoms with Crippen molar-refractivity contribution in [3.63, 3.8) is 0 Å². The first-order valence-electron chi connectivity index (χ1n) is 5.45. The van der Waals surface area contributed by atoms with Crippen molar-refractivity contribution in [1.29, 1.82) is 0 Å². The first-order chi connectivity index (χ1) is 8.08. The number of thioether (sulfide) groups is 1. The predicted molar refractivity (Wildman–Crippen MR) is 70.5 cm³/mol. The van der Waals surface area contributed by atoms with Crippen LogP contribution in [0.5, 0.6) is 0 Å². The summed E-state index contributed by atoms with van der Waals surface area (Å²) in [6.45, 7) is 0. The molecular formula is C12H16N2O2S. The second kappa shape index (κ2) is 4.98. The number of carboxylic acid groups (broad SMARTS) is 1. The topological polar surface area (TPSA) is 52.6 Å². The minimum absolute atomic E-state index is 0.0901. The first kappa shape index (κ1) is 12.3. The van der Waals surface area contributed by atoms with Crippen LogP contribution in [0.2, 0.25) is 0 Å². The van der Waals surface area contributed by atoms with E-state index in [0.29, 0.717) is 5.75 Å². The molecule has 5 heteroatoms. The highest BCUT2D eigenvalue weighted by Crippen LogP contribution is 2.33. The van der Waals surface area contributed by atoms with Crippen molar-refractivity contribution in [2.24, 2.45) is 0 Å². The quantitative estimate of drug-likeness (QED) is 0.854. The molecule has 1 aliphatic rings. The fourth-order valence-corrected chi connectivity index (χ4v) is 2.99. The van der Waals surface area contributed by atoms with Gasteiger partial charge in [-0.1, -0.05) is 12.1 Å². The van der Waals surface area contributed by atoms with E-state index in [1.165, 1.54) is 0 Å². The Hall–Kier alpha value is -1.20. The van der Waals surface area contributed by atoms with Crippen LogP contribution in [-0.4, -0.2) is 37.0 Å². The number of anilines is 1. The zero-order valence-corrected chi connectivity index (χ0v) is 10.7. The number of rotatable bonds is 3. The van der Waals surface area contributed by atoms with Crippen LogP contribution in [0.3, 0.4) is 0 Å². The van der Waals surface area contributed by atoms with Crippen molar-refractivity contribution in [2.75, 3.05) is 24.7 Å². The van der Waals surface area contributed by atoms with E-state index in [-0.39, 0.29) is 5.37 Å². The van der Waals surface area contributed by atoms with Crippen LogP contribution in [0.25, 0.3) is 0 Å². The normalized spacial score (nSPS) is 23.6. The van der Waals surface area contributed by atoms with E-state index in [4.69, 9.17) is 5.11 Å². The van der Waals surface area contributed by atoms with Gasteiger partial charge in [0, 0.05) is 25.5 Å². The van der Waals surface area contributed by atoms with Gasteiger partial charge in [-0.15, -0.1) is 11.8 Å². The maximum absolute atomic E-state index is 10.8. The summed E-state index contributed by atoms with van der Waals surface area (Å²) in [5.41, 5.74) is 2.27. The predicted octanol–water partition coefficient (Wildman–Crippen LogP) is 1.54. The molecule has 0 amide bonds. The summed E-state index contributed by atoms with van der Waals surface area (Å²) in [5, 5.41) is 12.1. The zero-order valence-electron chi connectivity index (χ0n) is 9.88. The minimum atomic E-state index is -0.773. The molecule has 17 heavy (non-hydrogen) atoms. The summed E-state index contributed by atoms with van der Waals surface area (Å²) in [7, 11) is 4.00. The molecule has 1 unspecified atom stereocenters. The number of nitrogens with one attached hydrogen (secondary N) is 1. The van der Waals surface area contributed by atoms with Gasteiger partial charge in [0.1, 0.15) is 6.04 Å². The molecule has 92 valence electrons. The Balaban J connectivity index is 2.06. The number of carboxylic acids is 1. The van der Waals surface area contributed by atoms with Gasteiger partial charge < -0.3 is 10.0 Å². The second-order valence-corrected chi connectivity index (χ2v) is 5.39. The Labute approximate surface area is 105 Å². The van der Waals surface area contributed by atoms with E-state index < -0.39 is 12.0 Å². The molecule has 0 saturated carbocycles. The Morgan fingerprint density at radius 3 is 2.53 bits per heavy atom. The Kier molecular flexibility index (Phi) is 3.59. The summed E-state index contributed by atoms with van der Waals surface area (Å²) < 4.78 is 0. The molecule has 2 N–H and O–H groups in total. The average Bonchev–Trinajstić information content (AvgIpc) is 2.78. The Morgan fingerprint density at radius 2 is 2.06 bits per heavy atom. The second-order valence-electron chi connectivity index (χ2n) is 4.26. The zero-order chi connectivity index (χ0) is 12.4. The van der Waals surface area contributed by atoms with Gasteiger partial charge in [-0.3, -0.25) is 10.1 Å². The molecule has 1 saturated heterocycles. The van der Waals surface area contributed by atoms with E-state index >= 15 is 0 Å². The van der Waals surface area contributed by atoms with Gasteiger partial charge in [0.05, 0.1) is 5.37 Å². The molecule has 1 aliphatic heterocycles. The standard InChI is InChI=1S/C12H16N2O2S/c1-14(2)9-5-3-8(4-6-9)11-13-10(7-17-11)12(15)16/h3-6,10-11,13H,7H2,1-2H3,(H,15,16)/t10?,11-/m1/s1. The third kappa shape index (κ3) is 2.73. The number of hydrogen-bond acceptors (Lipinski definition) is 4. The van der Waals surface area contributed by atoms with Crippen molar-refractivity contribution in [3.8, 4) is 0 Å². The van der Waals surface area contributed by atoms with Crippen LogP contribution in [0, 0.1) is 0 Å². The van der Waals surface area contributed by atoms with Gasteiger partial charge in [0.25, 0.3) is 0 Å². The van der Waals surface area contributed by atoms with Crippen molar-refractivity contribution in [2.45, 2.75) is 11.4 Å². The molecule has 0 bridgehead atoms. The summed E-state index contributed by atoms with van der Waals surface area (Å²) in [6.07, 6.45) is 0. The molecule has 0 aliphatic carbocycles. The van der Waals surface area contributed by atoms with Gasteiger partial charge in [-0.2, -0.15) is 0 Å². The lowest BCUT2D eigenvalue weighted by atomic mass is 10.2. The van der Waals surface area contributed by atoms with Crippen molar-refractivity contribution in [1.82, 2.24) is 5.32 Å². The third-order valence-electron chi connectivity index (χ3n) is 2.79. The molecule has 0 radical (unpaired) electrons. The molecular weight excluding hydrogens is 236 g/mol. The van der Waals surface area contributed by atoms with Crippen molar-refractivity contribution < 1.29 is 9.90 Å². The number of aliphatic carboxylic acids is 1. The molecule has 1 aromatic rings. The van der Waals surface area contributed by atoms with Gasteiger partial charge >= 0.3 is 5.97 Å². The van der Waals surface area contributed by atoms with Crippen LogP contribution >= 0.6 is 11.8 Å². The van der Waals surface area contributed by atoms with E-state index in [1.54, 1.807) is 11.8 Å². The van der Waals surface area contributed by atoms with Gasteiger partial charge in [0.2, 0.25) is 0 Å². The lowest BCUT2D eigenvalue weighted by Gasteiger charge is -2.15. The molecule has 0 aromatic heterocycles. The van der Waals surface area contributed by atoms with Crippen LogP contribution in [0.4, 0.5) is 5.69 Å². The molecule has 2 rings (SSSR count). The number of hydrogen-bond donors (Lipinski definition) is 2. The van der Waals surface area contributed by atoms with E-state index in [1.807, 2.05) is 43.3 Å². The highest BCUT2D eigenvalue weighted by Gasteiger charge is 2.30. The molecule has 0 spiro atoms. The molecule has 1 fully saturated rings. The smallest absolute Gasteiger partial charge is 0.321 e. The molecule has 4 nitrogen and oxygen atoms in total. The van der Waals surface area contributed by atoms with Gasteiger partial charge in [-0.25, -0.2) is 0 Å². The number of carbonyl (C=O) groups is 1.